The highest BCUT2D eigenvalue weighted by atomic mass is 32.2. The van der Waals surface area contributed by atoms with Crippen molar-refractivity contribution in [1.82, 2.24) is 14.3 Å². The van der Waals surface area contributed by atoms with Crippen molar-refractivity contribution in [2.24, 2.45) is 0 Å². The van der Waals surface area contributed by atoms with Gasteiger partial charge in [-0.25, -0.2) is 13.4 Å². The number of hydrogen-bond donors (Lipinski definition) is 2. The van der Waals surface area contributed by atoms with Gasteiger partial charge in [0.25, 0.3) is 5.56 Å². The maximum atomic E-state index is 14.0. The Balaban J connectivity index is 2.09. The summed E-state index contributed by atoms with van der Waals surface area (Å²) in [4.78, 5) is 20.0. The minimum Gasteiger partial charge on any atom is -0.493 e. The number of aromatic nitrogens is 2. The van der Waals surface area contributed by atoms with Crippen LogP contribution in [0.15, 0.2) is 27.9 Å². The average Bonchev–Trinajstić information content (AvgIpc) is 2.74. The van der Waals surface area contributed by atoms with E-state index >= 15 is 0 Å². The molecule has 3 rings (SSSR count). The lowest BCUT2D eigenvalue weighted by molar-refractivity contribution is -0.883. The molecule has 1 aromatic carbocycles. The summed E-state index contributed by atoms with van der Waals surface area (Å²) in [6, 6.07) is 4.51. The number of hydrogen-bond acceptors (Lipinski definition) is 5. The highest BCUT2D eigenvalue weighted by molar-refractivity contribution is 7.89. The van der Waals surface area contributed by atoms with Gasteiger partial charge in [0, 0.05) is 0 Å². The van der Waals surface area contributed by atoms with Gasteiger partial charge in [-0.05, 0) is 31.0 Å². The normalized spacial score (nSPS) is 16.0. The van der Waals surface area contributed by atoms with Gasteiger partial charge >= 0.3 is 0 Å². The molecular formula is C20H28FN4O4S+. The number of H-pyrrole nitrogens is 1. The number of aryl methyl sites for hydroxylation is 1. The fraction of sp³-hybridized carbons (Fsp3) is 0.500. The Hall–Kier alpha value is -2.30. The largest absolute Gasteiger partial charge is 0.493 e. The van der Waals surface area contributed by atoms with Gasteiger partial charge in [-0.1, -0.05) is 13.8 Å². The zero-order valence-electron chi connectivity index (χ0n) is 17.5. The molecule has 30 heavy (non-hydrogen) atoms. The minimum atomic E-state index is -3.72. The van der Waals surface area contributed by atoms with Gasteiger partial charge < -0.3 is 14.6 Å². The van der Waals surface area contributed by atoms with Crippen LogP contribution in [0.5, 0.6) is 5.75 Å². The topological polar surface area (TPSA) is 96.8 Å². The molecule has 0 radical (unpaired) electrons. The number of nitrogens with zero attached hydrogens (tertiary/aromatic N) is 2. The molecule has 0 bridgehead atoms. The van der Waals surface area contributed by atoms with E-state index in [0.717, 1.165) is 19.5 Å². The van der Waals surface area contributed by atoms with Crippen LogP contribution in [0.1, 0.15) is 26.0 Å². The standard InChI is InChI=1S/C20H27FN4O4S/c1-4-12-29-17-7-6-14(30(27,28)25-10-8-24(3)9-11-25)13-15(17)19-22-16(5-2)18(21)20(26)23-19/h6-7,13H,4-5,8-12H2,1-3H3,(H,22,23,26)/p+1. The highest BCUT2D eigenvalue weighted by Gasteiger charge is 2.30. The van der Waals surface area contributed by atoms with Crippen molar-refractivity contribution in [2.45, 2.75) is 31.6 Å². The molecule has 1 aliphatic rings. The minimum absolute atomic E-state index is 0.0190. The number of quaternary nitrogens is 1. The molecule has 0 amide bonds. The number of piperazine rings is 1. The molecule has 1 aromatic heterocycles. The van der Waals surface area contributed by atoms with Crippen LogP contribution in [-0.4, -0.2) is 62.5 Å². The van der Waals surface area contributed by atoms with Crippen LogP contribution in [0.4, 0.5) is 4.39 Å². The van der Waals surface area contributed by atoms with E-state index in [0.29, 0.717) is 31.0 Å². The SMILES string of the molecule is CCCOc1ccc(S(=O)(=O)N2CC[NH+](C)CC2)cc1-c1nc(CC)c(F)c(=O)[nH]1. The third kappa shape index (κ3) is 4.55. The van der Waals surface area contributed by atoms with E-state index in [9.17, 15) is 17.6 Å². The zero-order chi connectivity index (χ0) is 21.9. The summed E-state index contributed by atoms with van der Waals surface area (Å²) < 4.78 is 47.5. The second kappa shape index (κ2) is 9.23. The molecule has 164 valence electrons. The van der Waals surface area contributed by atoms with Gasteiger partial charge in [-0.2, -0.15) is 8.70 Å². The third-order valence-electron chi connectivity index (χ3n) is 5.15. The number of aromatic amines is 1. The van der Waals surface area contributed by atoms with Crippen LogP contribution in [0.2, 0.25) is 0 Å². The predicted molar refractivity (Wildman–Crippen MR) is 111 cm³/mol. The molecule has 0 atom stereocenters. The van der Waals surface area contributed by atoms with Gasteiger partial charge in [0.05, 0.1) is 56.0 Å². The van der Waals surface area contributed by atoms with Gasteiger partial charge in [0.1, 0.15) is 11.6 Å². The highest BCUT2D eigenvalue weighted by Crippen LogP contribution is 2.31. The fourth-order valence-corrected chi connectivity index (χ4v) is 4.79. The Morgan fingerprint density at radius 3 is 2.60 bits per heavy atom. The van der Waals surface area contributed by atoms with Gasteiger partial charge in [0.2, 0.25) is 15.8 Å². The molecule has 2 aromatic rings. The quantitative estimate of drug-likeness (QED) is 0.653. The number of ether oxygens (including phenoxy) is 1. The third-order valence-corrected chi connectivity index (χ3v) is 7.04. The van der Waals surface area contributed by atoms with Crippen molar-refractivity contribution in [1.29, 1.82) is 0 Å². The number of rotatable bonds is 7. The number of halogens is 1. The number of sulfonamides is 1. The van der Waals surface area contributed by atoms with E-state index < -0.39 is 21.4 Å². The molecular weight excluding hydrogens is 411 g/mol. The molecule has 0 aliphatic carbocycles. The van der Waals surface area contributed by atoms with E-state index in [4.69, 9.17) is 4.74 Å². The number of likely N-dealkylation sites (N-methyl/N-ethyl adjacent to an activating group) is 1. The maximum Gasteiger partial charge on any atom is 0.287 e. The van der Waals surface area contributed by atoms with Crippen LogP contribution in [0.3, 0.4) is 0 Å². The van der Waals surface area contributed by atoms with E-state index in [1.54, 1.807) is 13.0 Å². The summed E-state index contributed by atoms with van der Waals surface area (Å²) in [6.45, 7) is 6.38. The van der Waals surface area contributed by atoms with Crippen LogP contribution < -0.4 is 15.2 Å². The molecule has 0 saturated carbocycles. The molecule has 1 aliphatic heterocycles. The molecule has 8 nitrogen and oxygen atoms in total. The summed E-state index contributed by atoms with van der Waals surface area (Å²) in [5.41, 5.74) is -0.560. The van der Waals surface area contributed by atoms with Crippen LogP contribution in [-0.2, 0) is 16.4 Å². The van der Waals surface area contributed by atoms with Crippen molar-refractivity contribution in [3.8, 4) is 17.1 Å². The Morgan fingerprint density at radius 1 is 1.27 bits per heavy atom. The van der Waals surface area contributed by atoms with Crippen LogP contribution in [0.25, 0.3) is 11.4 Å². The van der Waals surface area contributed by atoms with E-state index in [1.807, 2.05) is 14.0 Å². The van der Waals surface area contributed by atoms with Crippen molar-refractivity contribution < 1.29 is 22.4 Å². The summed E-state index contributed by atoms with van der Waals surface area (Å²) in [6.07, 6.45) is 0.978. The Bertz CT molecular complexity index is 1060. The van der Waals surface area contributed by atoms with Gasteiger partial charge in [-0.15, -0.1) is 0 Å². The first kappa shape index (κ1) is 22.4. The first-order valence-electron chi connectivity index (χ1n) is 10.1. The van der Waals surface area contributed by atoms with Crippen molar-refractivity contribution in [3.63, 3.8) is 0 Å². The average molecular weight is 440 g/mol. The number of nitrogens with one attached hydrogen (secondary N) is 2. The van der Waals surface area contributed by atoms with Crippen molar-refractivity contribution >= 4 is 10.0 Å². The summed E-state index contributed by atoms with van der Waals surface area (Å²) >= 11 is 0. The van der Waals surface area contributed by atoms with Crippen molar-refractivity contribution in [3.05, 3.63) is 40.1 Å². The first-order valence-corrected chi connectivity index (χ1v) is 11.6. The van der Waals surface area contributed by atoms with E-state index in [-0.39, 0.29) is 22.8 Å². The predicted octanol–water partition coefficient (Wildman–Crippen LogP) is 0.446. The summed E-state index contributed by atoms with van der Waals surface area (Å²) in [5.74, 6) is -0.458. The zero-order valence-corrected chi connectivity index (χ0v) is 18.3. The number of benzene rings is 1. The van der Waals surface area contributed by atoms with Crippen LogP contribution >= 0.6 is 0 Å². The Kier molecular flexibility index (Phi) is 6.89. The summed E-state index contributed by atoms with van der Waals surface area (Å²) in [5, 5.41) is 0. The lowest BCUT2D eigenvalue weighted by atomic mass is 10.1. The molecule has 10 heteroatoms. The second-order valence-corrected chi connectivity index (χ2v) is 9.33. The summed E-state index contributed by atoms with van der Waals surface area (Å²) in [7, 11) is -1.69. The lowest BCUT2D eigenvalue weighted by Crippen LogP contribution is -3.12. The fourth-order valence-electron chi connectivity index (χ4n) is 3.32. The lowest BCUT2D eigenvalue weighted by Gasteiger charge is -2.29. The molecule has 0 spiro atoms. The molecule has 1 fully saturated rings. The van der Waals surface area contributed by atoms with E-state index in [2.05, 4.69) is 9.97 Å². The first-order chi connectivity index (χ1) is 14.3. The Labute approximate surface area is 175 Å². The molecule has 2 N–H and O–H groups in total. The van der Waals surface area contributed by atoms with E-state index in [1.165, 1.54) is 21.3 Å². The maximum absolute atomic E-state index is 14.0. The van der Waals surface area contributed by atoms with Gasteiger partial charge in [0.15, 0.2) is 0 Å². The van der Waals surface area contributed by atoms with Gasteiger partial charge in [-0.3, -0.25) is 4.79 Å². The van der Waals surface area contributed by atoms with Crippen LogP contribution in [0, 0.1) is 5.82 Å². The molecule has 1 saturated heterocycles. The molecule has 2 heterocycles. The molecule has 0 unspecified atom stereocenters. The monoisotopic (exact) mass is 439 g/mol. The Morgan fingerprint density at radius 2 is 1.97 bits per heavy atom. The second-order valence-electron chi connectivity index (χ2n) is 7.40. The van der Waals surface area contributed by atoms with Crippen molar-refractivity contribution in [2.75, 3.05) is 39.8 Å². The smallest absolute Gasteiger partial charge is 0.287 e.